The van der Waals surface area contributed by atoms with Crippen molar-refractivity contribution in [2.45, 2.75) is 44.6 Å². The summed E-state index contributed by atoms with van der Waals surface area (Å²) in [5.41, 5.74) is 5.66. The molecule has 0 radical (unpaired) electrons. The Bertz CT molecular complexity index is 274. The van der Waals surface area contributed by atoms with Gasteiger partial charge in [0.25, 0.3) is 0 Å². The third kappa shape index (κ3) is 3.48. The molecule has 0 atom stereocenters. The fraction of sp³-hybridized carbons (Fsp3) is 0.818. The largest absolute Gasteiger partial charge is 0.481 e. The molecule has 5 heteroatoms. The van der Waals surface area contributed by atoms with Crippen LogP contribution in [0.5, 0.6) is 0 Å². The van der Waals surface area contributed by atoms with Crippen molar-refractivity contribution in [1.82, 2.24) is 4.90 Å². The van der Waals surface area contributed by atoms with Gasteiger partial charge in [0.1, 0.15) is 0 Å². The average Bonchev–Trinajstić information content (AvgIpc) is 2.15. The van der Waals surface area contributed by atoms with Crippen molar-refractivity contribution in [3.8, 4) is 0 Å². The topological polar surface area (TPSA) is 83.6 Å². The number of carboxylic acids is 1. The molecule has 1 aliphatic rings. The Hall–Kier alpha value is -1.10. The van der Waals surface area contributed by atoms with E-state index in [-0.39, 0.29) is 24.4 Å². The van der Waals surface area contributed by atoms with Crippen molar-refractivity contribution in [2.75, 3.05) is 13.1 Å². The molecular formula is C11H20N2O3. The van der Waals surface area contributed by atoms with E-state index in [1.54, 1.807) is 4.90 Å². The van der Waals surface area contributed by atoms with Crippen LogP contribution in [0.15, 0.2) is 0 Å². The summed E-state index contributed by atoms with van der Waals surface area (Å²) in [4.78, 5) is 23.9. The molecule has 5 nitrogen and oxygen atoms in total. The first-order valence-corrected chi connectivity index (χ1v) is 5.75. The molecule has 0 saturated heterocycles. The second-order valence-electron chi connectivity index (χ2n) is 4.51. The van der Waals surface area contributed by atoms with Crippen LogP contribution in [0.25, 0.3) is 0 Å². The number of nitrogens with zero attached hydrogens (tertiary/aromatic N) is 1. The number of hydrogen-bond donors (Lipinski definition) is 2. The summed E-state index contributed by atoms with van der Waals surface area (Å²) in [5.74, 6) is -0.900. The quantitative estimate of drug-likeness (QED) is 0.696. The summed E-state index contributed by atoms with van der Waals surface area (Å²) >= 11 is 0. The van der Waals surface area contributed by atoms with Crippen LogP contribution in [0.4, 0.5) is 0 Å². The molecule has 1 aliphatic carbocycles. The van der Waals surface area contributed by atoms with Gasteiger partial charge in [-0.25, -0.2) is 0 Å². The normalized spacial score (nSPS) is 17.6. The maximum absolute atomic E-state index is 11.8. The lowest BCUT2D eigenvalue weighted by atomic mass is 9.75. The van der Waals surface area contributed by atoms with Gasteiger partial charge in [-0.3, -0.25) is 9.59 Å². The summed E-state index contributed by atoms with van der Waals surface area (Å²) in [5, 5.41) is 8.57. The van der Waals surface area contributed by atoms with E-state index >= 15 is 0 Å². The summed E-state index contributed by atoms with van der Waals surface area (Å²) in [6, 6.07) is 0. The number of carboxylic acid groups (broad SMARTS) is 1. The first kappa shape index (κ1) is 13.0. The standard InChI is InChI=1S/C11H20N2O3/c1-2-13(7-4-10(15)16)9(14)8-11(12)5-3-6-11/h2-8,12H2,1H3,(H,15,16). The van der Waals surface area contributed by atoms with Crippen molar-refractivity contribution in [1.29, 1.82) is 0 Å². The number of hydrogen-bond acceptors (Lipinski definition) is 3. The summed E-state index contributed by atoms with van der Waals surface area (Å²) in [7, 11) is 0. The molecule has 0 spiro atoms. The zero-order valence-corrected chi connectivity index (χ0v) is 9.74. The summed E-state index contributed by atoms with van der Waals surface area (Å²) in [6.45, 7) is 2.67. The predicted molar refractivity (Wildman–Crippen MR) is 59.9 cm³/mol. The Balaban J connectivity index is 2.39. The first-order valence-electron chi connectivity index (χ1n) is 5.75. The van der Waals surface area contributed by atoms with Gasteiger partial charge >= 0.3 is 5.97 Å². The molecule has 92 valence electrons. The fourth-order valence-corrected chi connectivity index (χ4v) is 1.91. The Labute approximate surface area is 95.6 Å². The number of amides is 1. The molecule has 1 saturated carbocycles. The van der Waals surface area contributed by atoms with Crippen molar-refractivity contribution in [3.05, 3.63) is 0 Å². The third-order valence-electron chi connectivity index (χ3n) is 3.18. The second kappa shape index (κ2) is 5.30. The second-order valence-corrected chi connectivity index (χ2v) is 4.51. The van der Waals surface area contributed by atoms with Gasteiger partial charge in [-0.2, -0.15) is 0 Å². The van der Waals surface area contributed by atoms with Gasteiger partial charge in [0.15, 0.2) is 0 Å². The molecule has 0 heterocycles. The molecule has 0 aromatic heterocycles. The number of aliphatic carboxylic acids is 1. The molecular weight excluding hydrogens is 208 g/mol. The van der Waals surface area contributed by atoms with Gasteiger partial charge in [-0.15, -0.1) is 0 Å². The number of carbonyl (C=O) groups is 2. The fourth-order valence-electron chi connectivity index (χ4n) is 1.91. The first-order chi connectivity index (χ1) is 7.47. The Morgan fingerprint density at radius 3 is 2.44 bits per heavy atom. The van der Waals surface area contributed by atoms with Gasteiger partial charge < -0.3 is 15.7 Å². The zero-order valence-electron chi connectivity index (χ0n) is 9.74. The monoisotopic (exact) mass is 228 g/mol. The van der Waals surface area contributed by atoms with E-state index in [2.05, 4.69) is 0 Å². The van der Waals surface area contributed by atoms with Crippen LogP contribution >= 0.6 is 0 Å². The van der Waals surface area contributed by atoms with E-state index in [4.69, 9.17) is 10.8 Å². The SMILES string of the molecule is CCN(CCC(=O)O)C(=O)CC1(N)CCC1. The maximum Gasteiger partial charge on any atom is 0.305 e. The lowest BCUT2D eigenvalue weighted by Crippen LogP contribution is -2.50. The van der Waals surface area contributed by atoms with Gasteiger partial charge in [0, 0.05) is 25.0 Å². The molecule has 0 aromatic carbocycles. The van der Waals surface area contributed by atoms with Gasteiger partial charge in [0.05, 0.1) is 6.42 Å². The minimum absolute atomic E-state index is 0.00283. The Morgan fingerprint density at radius 1 is 1.44 bits per heavy atom. The van der Waals surface area contributed by atoms with Crippen LogP contribution in [0.1, 0.15) is 39.0 Å². The molecule has 1 rings (SSSR count). The van der Waals surface area contributed by atoms with Gasteiger partial charge in [-0.1, -0.05) is 0 Å². The molecule has 0 bridgehead atoms. The van der Waals surface area contributed by atoms with Crippen molar-refractivity contribution in [3.63, 3.8) is 0 Å². The molecule has 1 fully saturated rings. The molecule has 1 amide bonds. The highest BCUT2D eigenvalue weighted by molar-refractivity contribution is 5.78. The van der Waals surface area contributed by atoms with Crippen molar-refractivity contribution in [2.24, 2.45) is 5.73 Å². The predicted octanol–water partition coefficient (Wildman–Crippen LogP) is 0.581. The van der Waals surface area contributed by atoms with E-state index in [1.807, 2.05) is 6.92 Å². The van der Waals surface area contributed by atoms with E-state index in [9.17, 15) is 9.59 Å². The molecule has 0 aliphatic heterocycles. The van der Waals surface area contributed by atoms with Crippen LogP contribution in [0, 0.1) is 0 Å². The molecule has 0 unspecified atom stereocenters. The van der Waals surface area contributed by atoms with E-state index < -0.39 is 5.97 Å². The van der Waals surface area contributed by atoms with Crippen LogP contribution < -0.4 is 5.73 Å². The average molecular weight is 228 g/mol. The van der Waals surface area contributed by atoms with Crippen molar-refractivity contribution < 1.29 is 14.7 Å². The highest BCUT2D eigenvalue weighted by atomic mass is 16.4. The number of carbonyl (C=O) groups excluding carboxylic acids is 1. The van der Waals surface area contributed by atoms with Gasteiger partial charge in [0.2, 0.25) is 5.91 Å². The van der Waals surface area contributed by atoms with E-state index in [0.717, 1.165) is 19.3 Å². The lowest BCUT2D eigenvalue weighted by Gasteiger charge is -2.38. The minimum atomic E-state index is -0.877. The summed E-state index contributed by atoms with van der Waals surface area (Å²) in [6.07, 6.45) is 3.23. The van der Waals surface area contributed by atoms with Crippen LogP contribution in [-0.4, -0.2) is 40.5 Å². The highest BCUT2D eigenvalue weighted by Crippen LogP contribution is 2.32. The highest BCUT2D eigenvalue weighted by Gasteiger charge is 2.35. The Kier molecular flexibility index (Phi) is 4.29. The third-order valence-corrected chi connectivity index (χ3v) is 3.18. The maximum atomic E-state index is 11.8. The number of rotatable bonds is 6. The Morgan fingerprint density at radius 2 is 2.06 bits per heavy atom. The number of nitrogens with two attached hydrogens (primary N) is 1. The minimum Gasteiger partial charge on any atom is -0.481 e. The van der Waals surface area contributed by atoms with Gasteiger partial charge in [-0.05, 0) is 26.2 Å². The lowest BCUT2D eigenvalue weighted by molar-refractivity contribution is -0.138. The van der Waals surface area contributed by atoms with E-state index in [1.165, 1.54) is 0 Å². The molecule has 3 N–H and O–H groups in total. The van der Waals surface area contributed by atoms with Crippen LogP contribution in [-0.2, 0) is 9.59 Å². The molecule has 16 heavy (non-hydrogen) atoms. The van der Waals surface area contributed by atoms with Crippen LogP contribution in [0.2, 0.25) is 0 Å². The van der Waals surface area contributed by atoms with Crippen molar-refractivity contribution >= 4 is 11.9 Å². The smallest absolute Gasteiger partial charge is 0.305 e. The summed E-state index contributed by atoms with van der Waals surface area (Å²) < 4.78 is 0. The van der Waals surface area contributed by atoms with E-state index in [0.29, 0.717) is 13.0 Å². The zero-order chi connectivity index (χ0) is 12.2. The van der Waals surface area contributed by atoms with Crippen LogP contribution in [0.3, 0.4) is 0 Å². The molecule has 0 aromatic rings.